The van der Waals surface area contributed by atoms with E-state index in [1.807, 2.05) is 0 Å². The zero-order valence-corrected chi connectivity index (χ0v) is 17.5. The van der Waals surface area contributed by atoms with Gasteiger partial charge in [0.05, 0.1) is 17.7 Å². The fourth-order valence-electron chi connectivity index (χ4n) is 3.64. The van der Waals surface area contributed by atoms with Gasteiger partial charge in [0, 0.05) is 23.1 Å². The number of carbonyl (C=O) groups excluding carboxylic acids is 1. The number of hydrogen-bond donors (Lipinski definition) is 1. The van der Waals surface area contributed by atoms with E-state index in [1.54, 1.807) is 0 Å². The maximum atomic E-state index is 14.4. The number of nitrogens with one attached hydrogen (secondary N) is 1. The number of nitrogens with zero attached hydrogens (tertiary/aromatic N) is 1. The second-order valence-corrected chi connectivity index (χ2v) is 7.88. The van der Waals surface area contributed by atoms with Crippen LogP contribution < -0.4 is 5.32 Å². The van der Waals surface area contributed by atoms with Crippen molar-refractivity contribution >= 4 is 5.91 Å². The number of hydrogen-bond acceptors (Lipinski definition) is 3. The van der Waals surface area contributed by atoms with Gasteiger partial charge in [-0.3, -0.25) is 4.79 Å². The van der Waals surface area contributed by atoms with Gasteiger partial charge in [-0.05, 0) is 43.2 Å². The van der Waals surface area contributed by atoms with Crippen molar-refractivity contribution in [1.29, 1.82) is 0 Å². The molecule has 4 nitrogen and oxygen atoms in total. The lowest BCUT2D eigenvalue weighted by Gasteiger charge is -2.06. The van der Waals surface area contributed by atoms with Gasteiger partial charge < -0.3 is 9.84 Å². The molecule has 0 radical (unpaired) electrons. The van der Waals surface area contributed by atoms with Gasteiger partial charge >= 0.3 is 6.18 Å². The summed E-state index contributed by atoms with van der Waals surface area (Å²) in [6, 6.07) is 10.2. The number of rotatable bonds is 4. The van der Waals surface area contributed by atoms with Crippen LogP contribution in [0, 0.1) is 23.6 Å². The lowest BCUT2D eigenvalue weighted by molar-refractivity contribution is -0.137. The first-order chi connectivity index (χ1) is 15.8. The van der Waals surface area contributed by atoms with Crippen molar-refractivity contribution in [2.45, 2.75) is 38.4 Å². The van der Waals surface area contributed by atoms with Gasteiger partial charge in [-0.15, -0.1) is 0 Å². The zero-order valence-electron chi connectivity index (χ0n) is 17.5. The second-order valence-electron chi connectivity index (χ2n) is 7.88. The van der Waals surface area contributed by atoms with Crippen molar-refractivity contribution in [1.82, 2.24) is 10.5 Å². The number of benzene rings is 2. The quantitative estimate of drug-likeness (QED) is 0.389. The second kappa shape index (κ2) is 9.49. The minimum Gasteiger partial charge on any atom is -0.359 e. The van der Waals surface area contributed by atoms with E-state index in [0.29, 0.717) is 22.9 Å². The molecule has 1 aromatic heterocycles. The zero-order chi connectivity index (χ0) is 23.4. The van der Waals surface area contributed by atoms with Crippen LogP contribution in [0.2, 0.25) is 0 Å². The Balaban J connectivity index is 1.36. The molecule has 0 bridgehead atoms. The molecule has 1 heterocycles. The first-order valence-electron chi connectivity index (χ1n) is 10.5. The van der Waals surface area contributed by atoms with Gasteiger partial charge in [-0.1, -0.05) is 42.0 Å². The number of halogens is 4. The summed E-state index contributed by atoms with van der Waals surface area (Å²) in [5.41, 5.74) is 0.422. The molecule has 1 N–H and O–H groups in total. The van der Waals surface area contributed by atoms with E-state index in [9.17, 15) is 22.4 Å². The topological polar surface area (TPSA) is 55.1 Å². The Hall–Kier alpha value is -3.60. The van der Waals surface area contributed by atoms with E-state index in [0.717, 1.165) is 43.9 Å². The average Bonchev–Trinajstić information content (AvgIpc) is 3.48. The van der Waals surface area contributed by atoms with Crippen LogP contribution in [-0.4, -0.2) is 11.1 Å². The van der Waals surface area contributed by atoms with Crippen molar-refractivity contribution in [3.8, 4) is 23.1 Å². The molecule has 1 aliphatic carbocycles. The Labute approximate surface area is 188 Å². The van der Waals surface area contributed by atoms with Crippen LogP contribution in [0.25, 0.3) is 11.3 Å². The van der Waals surface area contributed by atoms with Gasteiger partial charge in [0.15, 0.2) is 5.76 Å². The van der Waals surface area contributed by atoms with Crippen molar-refractivity contribution in [2.24, 2.45) is 5.92 Å². The minimum atomic E-state index is -4.42. The van der Waals surface area contributed by atoms with E-state index >= 15 is 0 Å². The Morgan fingerprint density at radius 2 is 1.82 bits per heavy atom. The van der Waals surface area contributed by atoms with Crippen LogP contribution in [0.5, 0.6) is 0 Å². The number of alkyl halides is 3. The molecule has 33 heavy (non-hydrogen) atoms. The Kier molecular flexibility index (Phi) is 6.50. The van der Waals surface area contributed by atoms with Gasteiger partial charge in [0.25, 0.3) is 5.91 Å². The molecule has 170 valence electrons. The van der Waals surface area contributed by atoms with Crippen LogP contribution in [0.1, 0.15) is 52.9 Å². The summed E-state index contributed by atoms with van der Waals surface area (Å²) in [5, 5.41) is 6.43. The molecule has 1 saturated carbocycles. The fraction of sp³-hybridized carbons (Fsp3) is 0.280. The molecule has 0 saturated heterocycles. The molecule has 0 atom stereocenters. The van der Waals surface area contributed by atoms with Crippen LogP contribution >= 0.6 is 0 Å². The van der Waals surface area contributed by atoms with Crippen molar-refractivity contribution in [2.75, 3.05) is 0 Å². The van der Waals surface area contributed by atoms with E-state index in [2.05, 4.69) is 22.3 Å². The van der Waals surface area contributed by atoms with E-state index < -0.39 is 23.5 Å². The number of carbonyl (C=O) groups is 1. The summed E-state index contributed by atoms with van der Waals surface area (Å²) in [6.45, 7) is -0.0165. The highest BCUT2D eigenvalue weighted by molar-refractivity contribution is 5.94. The maximum Gasteiger partial charge on any atom is 0.416 e. The molecule has 0 aliphatic heterocycles. The Morgan fingerprint density at radius 3 is 2.48 bits per heavy atom. The van der Waals surface area contributed by atoms with Gasteiger partial charge in [0.2, 0.25) is 0 Å². The summed E-state index contributed by atoms with van der Waals surface area (Å²) in [6.07, 6.45) is -0.0391. The molecule has 0 unspecified atom stereocenters. The predicted octanol–water partition coefficient (Wildman–Crippen LogP) is 5.97. The fourth-order valence-corrected chi connectivity index (χ4v) is 3.64. The van der Waals surface area contributed by atoms with Crippen LogP contribution in [0.4, 0.5) is 17.6 Å². The first kappa shape index (κ1) is 22.6. The maximum absolute atomic E-state index is 14.4. The SMILES string of the molecule is O=C(NCc1cc(-c2ccc(C(F)(F)F)cc2)no1)c1ccc(C#CC2CCCC2)c(F)c1. The highest BCUT2D eigenvalue weighted by atomic mass is 19.4. The highest BCUT2D eigenvalue weighted by Crippen LogP contribution is 2.31. The average molecular weight is 456 g/mol. The molecular weight excluding hydrogens is 436 g/mol. The third-order valence-corrected chi connectivity index (χ3v) is 5.49. The molecule has 1 aliphatic rings. The minimum absolute atomic E-state index is 0.0165. The first-order valence-corrected chi connectivity index (χ1v) is 10.5. The lowest BCUT2D eigenvalue weighted by atomic mass is 10.1. The Bertz CT molecular complexity index is 1200. The van der Waals surface area contributed by atoms with Crippen molar-refractivity contribution in [3.05, 3.63) is 76.8 Å². The predicted molar refractivity (Wildman–Crippen MR) is 113 cm³/mol. The van der Waals surface area contributed by atoms with Gasteiger partial charge in [0.1, 0.15) is 11.5 Å². The van der Waals surface area contributed by atoms with Crippen molar-refractivity contribution in [3.63, 3.8) is 0 Å². The summed E-state index contributed by atoms with van der Waals surface area (Å²) in [5.74, 6) is 5.51. The van der Waals surface area contributed by atoms with Gasteiger partial charge in [-0.25, -0.2) is 4.39 Å². The number of aromatic nitrogens is 1. The number of amides is 1. The molecule has 2 aromatic carbocycles. The van der Waals surface area contributed by atoms with Crippen LogP contribution in [-0.2, 0) is 12.7 Å². The van der Waals surface area contributed by atoms with Gasteiger partial charge in [-0.2, -0.15) is 13.2 Å². The largest absolute Gasteiger partial charge is 0.416 e. The van der Waals surface area contributed by atoms with Crippen LogP contribution in [0.3, 0.4) is 0 Å². The molecular formula is C25H20F4N2O2. The molecule has 1 amide bonds. The third-order valence-electron chi connectivity index (χ3n) is 5.49. The molecule has 1 fully saturated rings. The third kappa shape index (κ3) is 5.61. The molecule has 8 heteroatoms. The van der Waals surface area contributed by atoms with E-state index in [1.165, 1.54) is 30.3 Å². The van der Waals surface area contributed by atoms with E-state index in [-0.39, 0.29) is 17.7 Å². The lowest BCUT2D eigenvalue weighted by Crippen LogP contribution is -2.22. The van der Waals surface area contributed by atoms with Crippen molar-refractivity contribution < 1.29 is 26.9 Å². The molecule has 3 aromatic rings. The smallest absolute Gasteiger partial charge is 0.359 e. The molecule has 0 spiro atoms. The Morgan fingerprint density at radius 1 is 1.09 bits per heavy atom. The summed E-state index contributed by atoms with van der Waals surface area (Å²) in [4.78, 5) is 12.4. The summed E-state index contributed by atoms with van der Waals surface area (Å²) >= 11 is 0. The standard InChI is InChI=1S/C25H20F4N2O2/c26-22-13-19(8-7-17(22)6-5-16-3-1-2-4-16)24(32)30-15-21-14-23(31-33-21)18-9-11-20(12-10-18)25(27,28)29/h7-14,16H,1-4,15H2,(H,30,32). The van der Waals surface area contributed by atoms with Crippen LogP contribution in [0.15, 0.2) is 53.1 Å². The van der Waals surface area contributed by atoms with E-state index in [4.69, 9.17) is 4.52 Å². The summed E-state index contributed by atoms with van der Waals surface area (Å²) in [7, 11) is 0. The normalized spacial score (nSPS) is 14.1. The summed E-state index contributed by atoms with van der Waals surface area (Å²) < 4.78 is 57.6. The molecule has 4 rings (SSSR count). The monoisotopic (exact) mass is 456 g/mol. The highest BCUT2D eigenvalue weighted by Gasteiger charge is 2.30.